The molecule has 1 aromatic heterocycles. The van der Waals surface area contributed by atoms with Crippen molar-refractivity contribution in [1.29, 1.82) is 0 Å². The van der Waals surface area contributed by atoms with Gasteiger partial charge in [-0.05, 0) is 30.7 Å². The maximum absolute atomic E-state index is 11.0. The van der Waals surface area contributed by atoms with Crippen LogP contribution in [0.5, 0.6) is 5.75 Å². The average molecular weight is 247 g/mol. The Morgan fingerprint density at radius 3 is 3.00 bits per heavy atom. The summed E-state index contributed by atoms with van der Waals surface area (Å²) in [4.78, 5) is 14.8. The zero-order chi connectivity index (χ0) is 13.0. The molecule has 18 heavy (non-hydrogen) atoms. The molecule has 0 aliphatic heterocycles. The summed E-state index contributed by atoms with van der Waals surface area (Å²) in [5, 5.41) is 9.02. The number of carbonyl (C=O) groups is 1. The van der Waals surface area contributed by atoms with E-state index in [9.17, 15) is 4.79 Å². The molecule has 1 aromatic rings. The number of nitrogens with zero attached hydrogens (tertiary/aromatic N) is 1. The first-order chi connectivity index (χ1) is 8.68. The molecule has 2 atom stereocenters. The summed E-state index contributed by atoms with van der Waals surface area (Å²) in [6.45, 7) is 2.75. The highest BCUT2D eigenvalue weighted by Gasteiger charge is 2.20. The first-order valence-corrected chi connectivity index (χ1v) is 6.13. The van der Waals surface area contributed by atoms with Crippen molar-refractivity contribution < 1.29 is 14.6 Å². The van der Waals surface area contributed by atoms with Crippen molar-refractivity contribution in [2.24, 2.45) is 11.8 Å². The van der Waals surface area contributed by atoms with Crippen LogP contribution in [0, 0.1) is 11.8 Å². The summed E-state index contributed by atoms with van der Waals surface area (Å²) in [5.74, 6) is 0.420. The van der Waals surface area contributed by atoms with Gasteiger partial charge in [0, 0.05) is 12.4 Å². The van der Waals surface area contributed by atoms with Crippen LogP contribution >= 0.6 is 0 Å². The van der Waals surface area contributed by atoms with Crippen LogP contribution in [0.2, 0.25) is 0 Å². The third-order valence-corrected chi connectivity index (χ3v) is 3.38. The highest BCUT2D eigenvalue weighted by Crippen LogP contribution is 2.26. The summed E-state index contributed by atoms with van der Waals surface area (Å²) in [6.07, 6.45) is 9.29. The number of carboxylic acids is 1. The third-order valence-electron chi connectivity index (χ3n) is 3.38. The van der Waals surface area contributed by atoms with Gasteiger partial charge in [0.15, 0.2) is 0 Å². The maximum Gasteiger partial charge on any atom is 0.341 e. The molecule has 0 saturated heterocycles. The van der Waals surface area contributed by atoms with E-state index in [1.54, 1.807) is 12.3 Å². The second kappa shape index (κ2) is 5.67. The summed E-state index contributed by atoms with van der Waals surface area (Å²) < 4.78 is 5.65. The largest absolute Gasteiger partial charge is 0.492 e. The fraction of sp³-hybridized carbons (Fsp3) is 0.429. The number of ether oxygens (including phenoxy) is 1. The van der Waals surface area contributed by atoms with E-state index in [4.69, 9.17) is 9.84 Å². The Morgan fingerprint density at radius 2 is 2.28 bits per heavy atom. The van der Waals surface area contributed by atoms with Gasteiger partial charge in [-0.1, -0.05) is 19.1 Å². The summed E-state index contributed by atoms with van der Waals surface area (Å²) >= 11 is 0. The standard InChI is InChI=1S/C14H17NO3/c1-10-4-2-3-5-11(10)9-18-13-6-7-15-8-12(13)14(16)17/h2-3,6-8,10-11H,4-5,9H2,1H3,(H,16,17). The second-order valence-corrected chi connectivity index (χ2v) is 4.67. The van der Waals surface area contributed by atoms with Gasteiger partial charge in [-0.15, -0.1) is 0 Å². The molecule has 96 valence electrons. The van der Waals surface area contributed by atoms with Crippen molar-refractivity contribution in [3.63, 3.8) is 0 Å². The summed E-state index contributed by atoms with van der Waals surface area (Å²) in [6, 6.07) is 1.60. The van der Waals surface area contributed by atoms with E-state index in [2.05, 4.69) is 24.1 Å². The van der Waals surface area contributed by atoms with E-state index in [1.807, 2.05) is 0 Å². The third kappa shape index (κ3) is 2.88. The highest BCUT2D eigenvalue weighted by molar-refractivity contribution is 5.90. The number of rotatable bonds is 4. The van der Waals surface area contributed by atoms with Crippen molar-refractivity contribution in [2.75, 3.05) is 6.61 Å². The zero-order valence-electron chi connectivity index (χ0n) is 10.4. The lowest BCUT2D eigenvalue weighted by Crippen LogP contribution is -2.21. The number of aromatic nitrogens is 1. The van der Waals surface area contributed by atoms with Crippen LogP contribution in [0.25, 0.3) is 0 Å². The lowest BCUT2D eigenvalue weighted by Gasteiger charge is -2.25. The number of hydrogen-bond acceptors (Lipinski definition) is 3. The van der Waals surface area contributed by atoms with Gasteiger partial charge < -0.3 is 9.84 Å². The monoisotopic (exact) mass is 247 g/mol. The molecule has 0 amide bonds. The van der Waals surface area contributed by atoms with Crippen LogP contribution in [0.4, 0.5) is 0 Å². The minimum atomic E-state index is -1.00. The predicted molar refractivity (Wildman–Crippen MR) is 67.7 cm³/mol. The molecule has 0 fully saturated rings. The number of carboxylic acid groups (broad SMARTS) is 1. The summed E-state index contributed by atoms with van der Waals surface area (Å²) in [5.41, 5.74) is 0.122. The number of hydrogen-bond donors (Lipinski definition) is 1. The van der Waals surface area contributed by atoms with Crippen LogP contribution in [0.3, 0.4) is 0 Å². The van der Waals surface area contributed by atoms with Crippen molar-refractivity contribution in [3.8, 4) is 5.75 Å². The highest BCUT2D eigenvalue weighted by atomic mass is 16.5. The Bertz CT molecular complexity index is 456. The van der Waals surface area contributed by atoms with E-state index in [0.29, 0.717) is 24.2 Å². The molecule has 0 saturated carbocycles. The molecule has 1 aliphatic carbocycles. The Morgan fingerprint density at radius 1 is 1.50 bits per heavy atom. The Kier molecular flexibility index (Phi) is 3.97. The molecular formula is C14H17NO3. The van der Waals surface area contributed by atoms with Crippen molar-refractivity contribution in [1.82, 2.24) is 4.98 Å². The van der Waals surface area contributed by atoms with Crippen LogP contribution in [-0.2, 0) is 0 Å². The van der Waals surface area contributed by atoms with E-state index >= 15 is 0 Å². The lowest BCUT2D eigenvalue weighted by molar-refractivity contribution is 0.0690. The molecular weight excluding hydrogens is 230 g/mol. The van der Waals surface area contributed by atoms with Gasteiger partial charge in [0.2, 0.25) is 0 Å². The quantitative estimate of drug-likeness (QED) is 0.831. The second-order valence-electron chi connectivity index (χ2n) is 4.67. The van der Waals surface area contributed by atoms with Crippen molar-refractivity contribution in [3.05, 3.63) is 36.2 Å². The lowest BCUT2D eigenvalue weighted by atomic mass is 9.85. The van der Waals surface area contributed by atoms with Gasteiger partial charge >= 0.3 is 5.97 Å². The van der Waals surface area contributed by atoms with Gasteiger partial charge in [0.25, 0.3) is 0 Å². The molecule has 4 nitrogen and oxygen atoms in total. The van der Waals surface area contributed by atoms with E-state index in [0.717, 1.165) is 12.8 Å². The molecule has 2 rings (SSSR count). The predicted octanol–water partition coefficient (Wildman–Crippen LogP) is 2.76. The first kappa shape index (κ1) is 12.6. The molecule has 0 spiro atoms. The Balaban J connectivity index is 2.02. The molecule has 0 radical (unpaired) electrons. The first-order valence-electron chi connectivity index (χ1n) is 6.13. The Hall–Kier alpha value is -1.84. The minimum Gasteiger partial charge on any atom is -0.492 e. The van der Waals surface area contributed by atoms with Crippen LogP contribution in [-0.4, -0.2) is 22.7 Å². The maximum atomic E-state index is 11.0. The van der Waals surface area contributed by atoms with Crippen molar-refractivity contribution >= 4 is 5.97 Å². The number of pyridine rings is 1. The van der Waals surface area contributed by atoms with E-state index in [-0.39, 0.29) is 5.56 Å². The zero-order valence-corrected chi connectivity index (χ0v) is 10.4. The van der Waals surface area contributed by atoms with Crippen LogP contribution in [0.15, 0.2) is 30.6 Å². The number of aromatic carboxylic acids is 1. The van der Waals surface area contributed by atoms with E-state index < -0.39 is 5.97 Å². The Labute approximate surface area is 106 Å². The molecule has 4 heteroatoms. The smallest absolute Gasteiger partial charge is 0.341 e. The van der Waals surface area contributed by atoms with Gasteiger partial charge in [0.05, 0.1) is 6.61 Å². The fourth-order valence-electron chi connectivity index (χ4n) is 2.10. The average Bonchev–Trinajstić information content (AvgIpc) is 2.38. The van der Waals surface area contributed by atoms with Gasteiger partial charge in [-0.3, -0.25) is 4.98 Å². The minimum absolute atomic E-state index is 0.122. The molecule has 2 unspecified atom stereocenters. The molecule has 1 aliphatic rings. The summed E-state index contributed by atoms with van der Waals surface area (Å²) in [7, 11) is 0. The van der Waals surface area contributed by atoms with E-state index in [1.165, 1.54) is 6.20 Å². The van der Waals surface area contributed by atoms with Crippen LogP contribution < -0.4 is 4.74 Å². The van der Waals surface area contributed by atoms with Gasteiger partial charge in [0.1, 0.15) is 11.3 Å². The molecule has 1 N–H and O–H groups in total. The van der Waals surface area contributed by atoms with Crippen LogP contribution in [0.1, 0.15) is 30.1 Å². The molecule has 0 aromatic carbocycles. The SMILES string of the molecule is CC1CC=CCC1COc1ccncc1C(=O)O. The van der Waals surface area contributed by atoms with Crippen molar-refractivity contribution in [2.45, 2.75) is 19.8 Å². The topological polar surface area (TPSA) is 59.4 Å². The molecule has 0 bridgehead atoms. The fourth-order valence-corrected chi connectivity index (χ4v) is 2.10. The normalized spacial score (nSPS) is 22.7. The van der Waals surface area contributed by atoms with Gasteiger partial charge in [-0.25, -0.2) is 4.79 Å². The number of allylic oxidation sites excluding steroid dienone is 2. The van der Waals surface area contributed by atoms with Gasteiger partial charge in [-0.2, -0.15) is 0 Å². The molecule has 1 heterocycles.